The van der Waals surface area contributed by atoms with Crippen molar-refractivity contribution in [3.63, 3.8) is 0 Å². The van der Waals surface area contributed by atoms with Crippen molar-refractivity contribution >= 4 is 17.6 Å². The zero-order chi connectivity index (χ0) is 29.7. The van der Waals surface area contributed by atoms with Gasteiger partial charge in [0, 0.05) is 52.3 Å². The predicted molar refractivity (Wildman–Crippen MR) is 151 cm³/mol. The van der Waals surface area contributed by atoms with Gasteiger partial charge < -0.3 is 34.2 Å². The maximum absolute atomic E-state index is 13.9. The molecule has 0 spiro atoms. The quantitative estimate of drug-likeness (QED) is 0.415. The van der Waals surface area contributed by atoms with E-state index >= 15 is 0 Å². The van der Waals surface area contributed by atoms with Gasteiger partial charge in [0.15, 0.2) is 17.9 Å². The van der Waals surface area contributed by atoms with Gasteiger partial charge in [-0.2, -0.15) is 5.26 Å². The van der Waals surface area contributed by atoms with Crippen molar-refractivity contribution in [3.8, 4) is 6.07 Å². The maximum atomic E-state index is 13.9. The molecule has 41 heavy (non-hydrogen) atoms. The molecule has 4 rings (SSSR count). The minimum atomic E-state index is -0.810. The number of ether oxygens (including phenoxy) is 2. The van der Waals surface area contributed by atoms with E-state index in [1.54, 1.807) is 38.5 Å². The van der Waals surface area contributed by atoms with Crippen LogP contribution in [0.25, 0.3) is 0 Å². The third-order valence-corrected chi connectivity index (χ3v) is 8.23. The van der Waals surface area contributed by atoms with Crippen LogP contribution in [0.3, 0.4) is 0 Å². The SMILES string of the molecule is COC(OC)C1CCN(c2cc(C(C(=O)N3C[C@H](O)C[C@H]3C(=O)N[C@@H](C)c3ccc(C#N)cc3)C(C)C)on2)CC1. The number of amides is 2. The van der Waals surface area contributed by atoms with Crippen LogP contribution in [-0.4, -0.2) is 79.3 Å². The Hall–Kier alpha value is -3.46. The molecule has 11 heteroatoms. The molecule has 3 heterocycles. The highest BCUT2D eigenvalue weighted by atomic mass is 16.7. The number of aromatic nitrogens is 1. The van der Waals surface area contributed by atoms with E-state index in [1.807, 2.05) is 26.8 Å². The molecule has 11 nitrogen and oxygen atoms in total. The molecule has 2 aliphatic rings. The highest BCUT2D eigenvalue weighted by molar-refractivity contribution is 5.91. The molecule has 4 atom stereocenters. The first-order chi connectivity index (χ1) is 19.7. The fourth-order valence-electron chi connectivity index (χ4n) is 5.92. The molecule has 0 aliphatic carbocycles. The number of carbonyl (C=O) groups is 2. The smallest absolute Gasteiger partial charge is 0.243 e. The second-order valence-corrected chi connectivity index (χ2v) is 11.3. The fraction of sp³-hybridized carbons (Fsp3) is 0.600. The first-order valence-corrected chi connectivity index (χ1v) is 14.2. The summed E-state index contributed by atoms with van der Waals surface area (Å²) >= 11 is 0. The number of nitrogens with zero attached hydrogens (tertiary/aromatic N) is 4. The van der Waals surface area contributed by atoms with E-state index in [1.165, 1.54) is 4.90 Å². The summed E-state index contributed by atoms with van der Waals surface area (Å²) in [6.07, 6.45) is 0.876. The topological polar surface area (TPSA) is 141 Å². The van der Waals surface area contributed by atoms with Gasteiger partial charge in [0.25, 0.3) is 0 Å². The molecule has 2 aliphatic heterocycles. The van der Waals surface area contributed by atoms with Gasteiger partial charge in [-0.05, 0) is 43.4 Å². The second kappa shape index (κ2) is 13.5. The molecule has 2 N–H and O–H groups in total. The van der Waals surface area contributed by atoms with E-state index < -0.39 is 18.1 Å². The minimum absolute atomic E-state index is 0.0695. The normalized spacial score (nSPS) is 21.2. The van der Waals surface area contributed by atoms with Gasteiger partial charge in [0.1, 0.15) is 12.0 Å². The van der Waals surface area contributed by atoms with Crippen molar-refractivity contribution in [2.24, 2.45) is 11.8 Å². The van der Waals surface area contributed by atoms with Crippen molar-refractivity contribution in [3.05, 3.63) is 47.2 Å². The summed E-state index contributed by atoms with van der Waals surface area (Å²) in [6, 6.07) is 9.74. The third-order valence-electron chi connectivity index (χ3n) is 8.23. The summed E-state index contributed by atoms with van der Waals surface area (Å²) < 4.78 is 16.6. The van der Waals surface area contributed by atoms with Crippen molar-refractivity contribution in [2.75, 3.05) is 38.8 Å². The van der Waals surface area contributed by atoms with Crippen LogP contribution < -0.4 is 10.2 Å². The van der Waals surface area contributed by atoms with E-state index in [4.69, 9.17) is 19.3 Å². The molecule has 2 amide bonds. The zero-order valence-corrected chi connectivity index (χ0v) is 24.4. The number of likely N-dealkylation sites (tertiary alicyclic amines) is 1. The van der Waals surface area contributed by atoms with Crippen molar-refractivity contribution < 1.29 is 28.7 Å². The van der Waals surface area contributed by atoms with Gasteiger partial charge in [-0.15, -0.1) is 0 Å². The zero-order valence-electron chi connectivity index (χ0n) is 24.4. The van der Waals surface area contributed by atoms with Crippen LogP contribution in [0.5, 0.6) is 0 Å². The van der Waals surface area contributed by atoms with Crippen LogP contribution >= 0.6 is 0 Å². The molecule has 1 aromatic heterocycles. The number of aliphatic hydroxyl groups excluding tert-OH is 1. The van der Waals surface area contributed by atoms with E-state index in [-0.39, 0.29) is 43.0 Å². The van der Waals surface area contributed by atoms with Gasteiger partial charge in [-0.25, -0.2) is 0 Å². The molecule has 0 radical (unpaired) electrons. The summed E-state index contributed by atoms with van der Waals surface area (Å²) in [5, 5.41) is 26.8. The van der Waals surface area contributed by atoms with Crippen LogP contribution in [-0.2, 0) is 19.1 Å². The predicted octanol–water partition coefficient (Wildman–Crippen LogP) is 2.96. The summed E-state index contributed by atoms with van der Waals surface area (Å²) in [5.74, 6) is 0.0272. The van der Waals surface area contributed by atoms with E-state index in [9.17, 15) is 14.7 Å². The summed E-state index contributed by atoms with van der Waals surface area (Å²) in [7, 11) is 3.30. The summed E-state index contributed by atoms with van der Waals surface area (Å²) in [6.45, 7) is 7.30. The van der Waals surface area contributed by atoms with Gasteiger partial charge in [0.2, 0.25) is 11.8 Å². The maximum Gasteiger partial charge on any atom is 0.243 e. The third kappa shape index (κ3) is 6.89. The van der Waals surface area contributed by atoms with E-state index in [0.29, 0.717) is 23.1 Å². The standard InChI is InChI=1S/C30H41N5O6/c1-18(2)27(25-15-26(33-41-25)34-12-10-22(11-13-34)30(39-4)40-5)29(38)35-17-23(36)14-24(35)28(37)32-19(3)21-8-6-20(16-31)7-9-21/h6-9,15,18-19,22-24,27,30,36H,10-14,17H2,1-5H3,(H,32,37)/t19-,23+,24-,27?/m0/s1. The van der Waals surface area contributed by atoms with Crippen LogP contribution in [0, 0.1) is 23.2 Å². The molecular formula is C30H41N5O6. The number of nitrogens with one attached hydrogen (secondary N) is 1. The van der Waals surface area contributed by atoms with E-state index in [2.05, 4.69) is 21.4 Å². The molecule has 1 aromatic carbocycles. The number of benzene rings is 1. The monoisotopic (exact) mass is 567 g/mol. The second-order valence-electron chi connectivity index (χ2n) is 11.3. The highest BCUT2D eigenvalue weighted by Gasteiger charge is 2.43. The summed E-state index contributed by atoms with van der Waals surface area (Å²) in [5.41, 5.74) is 1.38. The van der Waals surface area contributed by atoms with Crippen LogP contribution in [0.1, 0.15) is 68.9 Å². The molecular weight excluding hydrogens is 526 g/mol. The molecule has 0 saturated carbocycles. The lowest BCUT2D eigenvalue weighted by Gasteiger charge is -2.34. The Morgan fingerprint density at radius 1 is 1.15 bits per heavy atom. The van der Waals surface area contributed by atoms with Gasteiger partial charge in [-0.1, -0.05) is 31.1 Å². The summed E-state index contributed by atoms with van der Waals surface area (Å²) in [4.78, 5) is 30.9. The average Bonchev–Trinajstić information content (AvgIpc) is 3.61. The van der Waals surface area contributed by atoms with Gasteiger partial charge >= 0.3 is 0 Å². The lowest BCUT2D eigenvalue weighted by molar-refractivity contribution is -0.141. The van der Waals surface area contributed by atoms with Crippen molar-refractivity contribution in [1.29, 1.82) is 5.26 Å². The van der Waals surface area contributed by atoms with Crippen molar-refractivity contribution in [1.82, 2.24) is 15.4 Å². The number of β-amino-alcohol motifs (C(OH)–C–C–N with tert-alkyl or cyclic N) is 1. The highest BCUT2D eigenvalue weighted by Crippen LogP contribution is 2.34. The number of nitriles is 1. The van der Waals surface area contributed by atoms with Crippen molar-refractivity contribution in [2.45, 2.75) is 70.4 Å². The molecule has 2 aromatic rings. The fourth-order valence-corrected chi connectivity index (χ4v) is 5.92. The number of aliphatic hydroxyl groups is 1. The first kappa shape index (κ1) is 30.5. The Bertz CT molecular complexity index is 1210. The van der Waals surface area contributed by atoms with Gasteiger partial charge in [0.05, 0.1) is 23.8 Å². The molecule has 2 saturated heterocycles. The van der Waals surface area contributed by atoms with Crippen LogP contribution in [0.4, 0.5) is 5.82 Å². The Balaban J connectivity index is 1.45. The Labute approximate surface area is 241 Å². The number of carbonyl (C=O) groups excluding carboxylic acids is 2. The molecule has 2 fully saturated rings. The molecule has 1 unspecified atom stereocenters. The number of piperidine rings is 1. The lowest BCUT2D eigenvalue weighted by Crippen LogP contribution is -2.48. The Morgan fingerprint density at radius 3 is 2.39 bits per heavy atom. The Kier molecular flexibility index (Phi) is 10.0. The Morgan fingerprint density at radius 2 is 1.80 bits per heavy atom. The molecule has 222 valence electrons. The van der Waals surface area contributed by atoms with Crippen LogP contribution in [0.2, 0.25) is 0 Å². The largest absolute Gasteiger partial charge is 0.391 e. The number of hydrogen-bond acceptors (Lipinski definition) is 9. The number of rotatable bonds is 10. The number of hydrogen-bond donors (Lipinski definition) is 2. The average molecular weight is 568 g/mol. The molecule has 0 bridgehead atoms. The number of anilines is 1. The minimum Gasteiger partial charge on any atom is -0.391 e. The first-order valence-electron chi connectivity index (χ1n) is 14.2. The van der Waals surface area contributed by atoms with E-state index in [0.717, 1.165) is 31.5 Å². The van der Waals surface area contributed by atoms with Gasteiger partial charge in [-0.3, -0.25) is 9.59 Å². The number of methoxy groups -OCH3 is 2. The van der Waals surface area contributed by atoms with Crippen LogP contribution in [0.15, 0.2) is 34.9 Å². The lowest BCUT2D eigenvalue weighted by atomic mass is 9.91.